The summed E-state index contributed by atoms with van der Waals surface area (Å²) in [4.78, 5) is 27.5. The Labute approximate surface area is 245 Å². The fourth-order valence-corrected chi connectivity index (χ4v) is 5.89. The van der Waals surface area contributed by atoms with Crippen LogP contribution in [0.1, 0.15) is 84.9 Å². The number of carbonyl (C=O) groups is 1. The third-order valence-corrected chi connectivity index (χ3v) is 8.27. The van der Waals surface area contributed by atoms with E-state index < -0.39 is 0 Å². The van der Waals surface area contributed by atoms with Crippen LogP contribution in [0.4, 0.5) is 0 Å². The van der Waals surface area contributed by atoms with Gasteiger partial charge < -0.3 is 15.2 Å². The molecule has 4 aromatic rings. The van der Waals surface area contributed by atoms with Crippen molar-refractivity contribution < 1.29 is 4.79 Å². The number of rotatable bonds is 13. The van der Waals surface area contributed by atoms with Crippen LogP contribution < -0.4 is 5.32 Å². The number of likely N-dealkylation sites (tertiary alicyclic amines) is 1. The third-order valence-electron chi connectivity index (χ3n) is 8.27. The van der Waals surface area contributed by atoms with Crippen LogP contribution in [0.2, 0.25) is 0 Å². The molecule has 1 aromatic heterocycles. The first-order chi connectivity index (χ1) is 20.2. The molecule has 216 valence electrons. The molecule has 0 bridgehead atoms. The summed E-state index contributed by atoms with van der Waals surface area (Å²) in [5.41, 5.74) is 6.49. The highest BCUT2D eigenvalue weighted by Gasteiger charge is 2.29. The van der Waals surface area contributed by atoms with E-state index in [1.54, 1.807) is 0 Å². The van der Waals surface area contributed by atoms with Gasteiger partial charge in [-0.2, -0.15) is 0 Å². The van der Waals surface area contributed by atoms with E-state index in [9.17, 15) is 4.79 Å². The van der Waals surface area contributed by atoms with Gasteiger partial charge in [-0.1, -0.05) is 75.2 Å². The molecule has 0 spiro atoms. The van der Waals surface area contributed by atoms with Crippen molar-refractivity contribution in [1.29, 1.82) is 0 Å². The summed E-state index contributed by atoms with van der Waals surface area (Å²) in [5, 5.41) is 3.37. The van der Waals surface area contributed by atoms with Crippen LogP contribution in [0, 0.1) is 0 Å². The summed E-state index contributed by atoms with van der Waals surface area (Å²) in [5.74, 6) is 0.916. The largest absolute Gasteiger partial charge is 0.340 e. The summed E-state index contributed by atoms with van der Waals surface area (Å²) >= 11 is 0. The minimum atomic E-state index is -0.203. The summed E-state index contributed by atoms with van der Waals surface area (Å²) in [6.07, 6.45) is 6.56. The lowest BCUT2D eigenvalue weighted by Gasteiger charge is -2.32. The lowest BCUT2D eigenvalue weighted by molar-refractivity contribution is 0.0663. The number of imidazole rings is 1. The van der Waals surface area contributed by atoms with Crippen LogP contribution in [0.5, 0.6) is 0 Å². The van der Waals surface area contributed by atoms with Crippen LogP contribution in [0.25, 0.3) is 11.0 Å². The smallest absolute Gasteiger partial charge is 0.254 e. The Bertz CT molecular complexity index is 1360. The number of para-hydroxylation sites is 2. The van der Waals surface area contributed by atoms with Crippen molar-refractivity contribution in [3.63, 3.8) is 0 Å². The maximum Gasteiger partial charge on any atom is 0.254 e. The lowest BCUT2D eigenvalue weighted by atomic mass is 9.97. The van der Waals surface area contributed by atoms with Crippen LogP contribution in [-0.4, -0.2) is 51.9 Å². The molecule has 1 aliphatic heterocycles. The predicted octanol–water partition coefficient (Wildman–Crippen LogP) is 6.88. The van der Waals surface area contributed by atoms with Crippen LogP contribution in [0.15, 0.2) is 72.8 Å². The summed E-state index contributed by atoms with van der Waals surface area (Å²) in [6.45, 7) is 9.97. The molecule has 5 rings (SSSR count). The normalized spacial score (nSPS) is 14.8. The highest BCUT2D eigenvalue weighted by molar-refractivity contribution is 5.94. The average Bonchev–Trinajstić information content (AvgIpc) is 3.45. The van der Waals surface area contributed by atoms with E-state index in [1.807, 2.05) is 30.3 Å². The van der Waals surface area contributed by atoms with E-state index in [1.165, 1.54) is 36.0 Å². The second-order valence-corrected chi connectivity index (χ2v) is 11.3. The van der Waals surface area contributed by atoms with Gasteiger partial charge in [0.25, 0.3) is 5.91 Å². The number of fused-ring (bicyclic) bond motifs is 1. The first-order valence-electron chi connectivity index (χ1n) is 15.5. The number of nitrogens with zero attached hydrogens (tertiary/aromatic N) is 3. The van der Waals surface area contributed by atoms with E-state index in [0.29, 0.717) is 6.54 Å². The van der Waals surface area contributed by atoms with Crippen molar-refractivity contribution in [3.8, 4) is 0 Å². The molecule has 1 atom stereocenters. The quantitative estimate of drug-likeness (QED) is 0.190. The summed E-state index contributed by atoms with van der Waals surface area (Å²) in [7, 11) is 0. The van der Waals surface area contributed by atoms with Crippen molar-refractivity contribution in [2.45, 2.75) is 71.5 Å². The average molecular weight is 552 g/mol. The molecule has 0 radical (unpaired) electrons. The van der Waals surface area contributed by atoms with Crippen molar-refractivity contribution in [2.75, 3.05) is 26.2 Å². The van der Waals surface area contributed by atoms with Gasteiger partial charge in [0.2, 0.25) is 0 Å². The van der Waals surface area contributed by atoms with Crippen LogP contribution in [0.3, 0.4) is 0 Å². The number of aromatic nitrogens is 2. The maximum atomic E-state index is 14.3. The Morgan fingerprint density at radius 2 is 1.68 bits per heavy atom. The molecule has 1 unspecified atom stereocenters. The Morgan fingerprint density at radius 1 is 0.951 bits per heavy atom. The zero-order valence-electron chi connectivity index (χ0n) is 24.7. The Morgan fingerprint density at radius 3 is 2.41 bits per heavy atom. The molecule has 2 N–H and O–H groups in total. The van der Waals surface area contributed by atoms with Gasteiger partial charge in [0, 0.05) is 31.6 Å². The molecule has 1 aliphatic rings. The van der Waals surface area contributed by atoms with Crippen molar-refractivity contribution in [3.05, 3.63) is 101 Å². The molecule has 41 heavy (non-hydrogen) atoms. The Kier molecular flexibility index (Phi) is 10.2. The van der Waals surface area contributed by atoms with Crippen LogP contribution in [-0.2, 0) is 19.5 Å². The van der Waals surface area contributed by atoms with Gasteiger partial charge in [-0.3, -0.25) is 9.69 Å². The van der Waals surface area contributed by atoms with Crippen molar-refractivity contribution >= 4 is 16.9 Å². The fraction of sp³-hybridized carbons (Fsp3) is 0.429. The molecule has 1 saturated heterocycles. The number of aromatic amines is 1. The summed E-state index contributed by atoms with van der Waals surface area (Å²) in [6, 6.07) is 24.8. The Hall–Kier alpha value is -3.48. The lowest BCUT2D eigenvalue weighted by Crippen LogP contribution is -2.38. The van der Waals surface area contributed by atoms with Gasteiger partial charge in [0.05, 0.1) is 17.1 Å². The number of benzene rings is 3. The zero-order valence-corrected chi connectivity index (χ0v) is 24.7. The van der Waals surface area contributed by atoms with E-state index in [-0.39, 0.29) is 11.9 Å². The van der Waals surface area contributed by atoms with Crippen molar-refractivity contribution in [2.24, 2.45) is 0 Å². The first-order valence-corrected chi connectivity index (χ1v) is 15.5. The van der Waals surface area contributed by atoms with Gasteiger partial charge in [-0.25, -0.2) is 4.98 Å². The molecule has 1 amide bonds. The Balaban J connectivity index is 1.50. The highest BCUT2D eigenvalue weighted by atomic mass is 16.2. The number of carbonyl (C=O) groups excluding carboxylic acids is 1. The molecule has 3 aromatic carbocycles. The van der Waals surface area contributed by atoms with Gasteiger partial charge in [0.15, 0.2) is 0 Å². The third kappa shape index (κ3) is 7.43. The number of piperidine rings is 1. The van der Waals surface area contributed by atoms with Gasteiger partial charge in [-0.05, 0) is 79.9 Å². The second kappa shape index (κ2) is 14.4. The molecule has 1 fully saturated rings. The minimum absolute atomic E-state index is 0.0624. The monoisotopic (exact) mass is 551 g/mol. The van der Waals surface area contributed by atoms with E-state index in [0.717, 1.165) is 74.4 Å². The first kappa shape index (κ1) is 29.0. The van der Waals surface area contributed by atoms with Crippen molar-refractivity contribution in [1.82, 2.24) is 25.1 Å². The van der Waals surface area contributed by atoms with Gasteiger partial charge >= 0.3 is 0 Å². The molecular formula is C35H45N5O. The number of H-pyrrole nitrogens is 1. The molecule has 2 heterocycles. The fourth-order valence-electron chi connectivity index (χ4n) is 5.89. The number of unbranched alkanes of at least 4 members (excludes halogenated alkanes) is 1. The molecule has 0 saturated carbocycles. The van der Waals surface area contributed by atoms with E-state index >= 15 is 0 Å². The summed E-state index contributed by atoms with van der Waals surface area (Å²) < 4.78 is 0. The molecule has 6 heteroatoms. The minimum Gasteiger partial charge on any atom is -0.340 e. The topological polar surface area (TPSA) is 64.3 Å². The van der Waals surface area contributed by atoms with E-state index in [2.05, 4.69) is 76.4 Å². The molecule has 0 aliphatic carbocycles. The van der Waals surface area contributed by atoms with Gasteiger partial charge in [0.1, 0.15) is 5.82 Å². The molecule has 6 nitrogen and oxygen atoms in total. The number of hydrogen-bond donors (Lipinski definition) is 2. The predicted molar refractivity (Wildman–Crippen MR) is 168 cm³/mol. The number of amides is 1. The standard InChI is InChI=1S/C35H45N5O/c1-3-5-23-40(35(41)28-19-17-27(18-20-28)25-36-4-2)33(34-37-31-15-9-10-16-32(31)38-34)24-29-13-7-8-14-30(29)26-39-21-11-6-12-22-39/h7-10,13-20,33,36H,3-6,11-12,21-26H2,1-2H3,(H,37,38). The second-order valence-electron chi connectivity index (χ2n) is 11.3. The van der Waals surface area contributed by atoms with Crippen LogP contribution >= 0.6 is 0 Å². The number of nitrogens with one attached hydrogen (secondary N) is 2. The number of hydrogen-bond acceptors (Lipinski definition) is 4. The highest BCUT2D eigenvalue weighted by Crippen LogP contribution is 2.30. The van der Waals surface area contributed by atoms with Gasteiger partial charge in [-0.15, -0.1) is 0 Å². The van der Waals surface area contributed by atoms with E-state index in [4.69, 9.17) is 4.98 Å². The zero-order chi connectivity index (χ0) is 28.4. The maximum absolute atomic E-state index is 14.3. The SMILES string of the molecule is CCCCN(C(=O)c1ccc(CNCC)cc1)C(Cc1ccccc1CN1CCCCC1)c1nc2ccccc2[nH]1. The molecular weight excluding hydrogens is 506 g/mol.